The van der Waals surface area contributed by atoms with Gasteiger partial charge in [-0.05, 0) is 44.9 Å². The number of ether oxygens (including phenoxy) is 3. The highest BCUT2D eigenvalue weighted by Gasteiger charge is 2.46. The summed E-state index contributed by atoms with van der Waals surface area (Å²) in [5.41, 5.74) is 1.13. The van der Waals surface area contributed by atoms with Gasteiger partial charge in [-0.2, -0.15) is 0 Å². The molecule has 3 rings (SSSR count). The molecule has 2 heterocycles. The van der Waals surface area contributed by atoms with Crippen molar-refractivity contribution < 1.29 is 18.6 Å². The molecule has 0 N–H and O–H groups in total. The minimum absolute atomic E-state index is 0.0185. The summed E-state index contributed by atoms with van der Waals surface area (Å²) in [7, 11) is 1.56. The summed E-state index contributed by atoms with van der Waals surface area (Å²) in [6.45, 7) is 8.76. The van der Waals surface area contributed by atoms with E-state index in [1.807, 2.05) is 6.07 Å². The van der Waals surface area contributed by atoms with Gasteiger partial charge in [0.2, 0.25) is 5.75 Å². The Kier molecular flexibility index (Phi) is 4.86. The molecule has 1 aromatic carbocycles. The van der Waals surface area contributed by atoms with Crippen molar-refractivity contribution in [2.45, 2.75) is 44.8 Å². The summed E-state index contributed by atoms with van der Waals surface area (Å²) in [6.07, 6.45) is 2.96. The van der Waals surface area contributed by atoms with E-state index in [4.69, 9.17) is 18.6 Å². The lowest BCUT2D eigenvalue weighted by atomic mass is 10.0. The predicted octanol–water partition coefficient (Wildman–Crippen LogP) is 4.08. The molecule has 1 saturated heterocycles. The first-order chi connectivity index (χ1) is 11.9. The Balaban J connectivity index is 1.61. The second-order valence-corrected chi connectivity index (χ2v) is 6.87. The van der Waals surface area contributed by atoms with Crippen LogP contribution in [0.15, 0.2) is 45.6 Å². The summed E-state index contributed by atoms with van der Waals surface area (Å²) in [5.74, 6) is 0.998. The van der Waals surface area contributed by atoms with Crippen molar-refractivity contribution >= 4 is 11.0 Å². The van der Waals surface area contributed by atoms with Gasteiger partial charge in [0.1, 0.15) is 0 Å². The molecular weight excluding hydrogens is 320 g/mol. The number of methoxy groups -OCH3 is 1. The van der Waals surface area contributed by atoms with Crippen LogP contribution in [-0.4, -0.2) is 25.4 Å². The quantitative estimate of drug-likeness (QED) is 0.410. The molecule has 5 heteroatoms. The highest BCUT2D eigenvalue weighted by molar-refractivity contribution is 5.85. The van der Waals surface area contributed by atoms with E-state index >= 15 is 0 Å². The van der Waals surface area contributed by atoms with Gasteiger partial charge in [-0.3, -0.25) is 0 Å². The molecule has 1 aliphatic rings. The summed E-state index contributed by atoms with van der Waals surface area (Å²) in [6, 6.07) is 6.74. The van der Waals surface area contributed by atoms with Crippen molar-refractivity contribution in [1.82, 2.24) is 0 Å². The Hall–Kier alpha value is -2.27. The number of fused-ring (bicyclic) bond motifs is 1. The lowest BCUT2D eigenvalue weighted by Gasteiger charge is -2.13. The van der Waals surface area contributed by atoms with Crippen molar-refractivity contribution in [2.75, 3.05) is 13.7 Å². The Morgan fingerprint density at radius 3 is 2.64 bits per heavy atom. The molecule has 0 aliphatic carbocycles. The van der Waals surface area contributed by atoms with Crippen LogP contribution in [-0.2, 0) is 4.74 Å². The zero-order valence-corrected chi connectivity index (χ0v) is 15.0. The average Bonchev–Trinajstić information content (AvgIpc) is 3.20. The summed E-state index contributed by atoms with van der Waals surface area (Å²) < 4.78 is 22.1. The molecule has 1 unspecified atom stereocenters. The van der Waals surface area contributed by atoms with Crippen LogP contribution in [0.25, 0.3) is 11.0 Å². The lowest BCUT2D eigenvalue weighted by Crippen LogP contribution is -2.05. The summed E-state index contributed by atoms with van der Waals surface area (Å²) >= 11 is 0. The Morgan fingerprint density at radius 1 is 1.24 bits per heavy atom. The minimum Gasteiger partial charge on any atom is -0.493 e. The van der Waals surface area contributed by atoms with Gasteiger partial charge in [-0.15, -0.1) is 0 Å². The smallest absolute Gasteiger partial charge is 0.336 e. The van der Waals surface area contributed by atoms with Gasteiger partial charge in [0.25, 0.3) is 0 Å². The predicted molar refractivity (Wildman–Crippen MR) is 96.5 cm³/mol. The fraction of sp³-hybridized carbons (Fsp3) is 0.450. The van der Waals surface area contributed by atoms with Crippen LogP contribution in [0.1, 0.15) is 33.1 Å². The average molecular weight is 344 g/mol. The first-order valence-electron chi connectivity index (χ1n) is 8.49. The topological polar surface area (TPSA) is 61.2 Å². The maximum Gasteiger partial charge on any atom is 0.336 e. The van der Waals surface area contributed by atoms with Gasteiger partial charge in [-0.25, -0.2) is 4.79 Å². The molecule has 2 aromatic rings. The van der Waals surface area contributed by atoms with Gasteiger partial charge in [0.15, 0.2) is 11.3 Å². The molecule has 5 nitrogen and oxygen atoms in total. The molecular formula is C20H24O5. The van der Waals surface area contributed by atoms with E-state index in [0.717, 1.165) is 30.2 Å². The molecule has 0 radical (unpaired) electrons. The zero-order chi connectivity index (χ0) is 18.0. The summed E-state index contributed by atoms with van der Waals surface area (Å²) in [5, 5.41) is 0.794. The first-order valence-corrected chi connectivity index (χ1v) is 8.49. The molecule has 25 heavy (non-hydrogen) atoms. The Labute approximate surface area is 147 Å². The zero-order valence-electron chi connectivity index (χ0n) is 15.0. The van der Waals surface area contributed by atoms with E-state index < -0.39 is 5.63 Å². The monoisotopic (exact) mass is 344 g/mol. The molecule has 0 saturated carbocycles. The highest BCUT2D eigenvalue weighted by atomic mass is 16.6. The van der Waals surface area contributed by atoms with Gasteiger partial charge < -0.3 is 18.6 Å². The maximum absolute atomic E-state index is 11.5. The maximum atomic E-state index is 11.5. The molecule has 0 spiro atoms. The number of rotatable bonds is 8. The van der Waals surface area contributed by atoms with Crippen LogP contribution in [0.5, 0.6) is 11.5 Å². The molecule has 134 valence electrons. The number of hydrogen-bond donors (Lipinski definition) is 0. The van der Waals surface area contributed by atoms with E-state index in [1.165, 1.54) is 6.07 Å². The van der Waals surface area contributed by atoms with Crippen molar-refractivity contribution in [2.24, 2.45) is 0 Å². The molecule has 1 aromatic heterocycles. The highest BCUT2D eigenvalue weighted by Crippen LogP contribution is 2.39. The third-order valence-electron chi connectivity index (χ3n) is 4.55. The Bertz CT molecular complexity index is 834. The van der Waals surface area contributed by atoms with Crippen molar-refractivity contribution in [1.29, 1.82) is 0 Å². The van der Waals surface area contributed by atoms with Crippen LogP contribution in [0, 0.1) is 0 Å². The number of epoxide rings is 1. The van der Waals surface area contributed by atoms with Crippen LogP contribution in [0.3, 0.4) is 0 Å². The van der Waals surface area contributed by atoms with E-state index in [-0.39, 0.29) is 5.60 Å². The molecule has 1 fully saturated rings. The van der Waals surface area contributed by atoms with Crippen LogP contribution in [0.2, 0.25) is 0 Å². The fourth-order valence-electron chi connectivity index (χ4n) is 2.88. The van der Waals surface area contributed by atoms with E-state index in [0.29, 0.717) is 29.8 Å². The normalized spacial score (nSPS) is 18.1. The van der Waals surface area contributed by atoms with E-state index in [2.05, 4.69) is 20.4 Å². The van der Waals surface area contributed by atoms with Gasteiger partial charge >= 0.3 is 5.63 Å². The van der Waals surface area contributed by atoms with Crippen LogP contribution >= 0.6 is 0 Å². The molecule has 1 atom stereocenters. The SMILES string of the molecule is C=C(CCOc1c(OC)ccc2ccc(=O)oc12)CCC1OC1(C)C. The standard InChI is InChI=1S/C20H24O5/c1-13(5-9-16-20(2,3)25-16)11-12-23-19-15(22-4)8-6-14-7-10-17(21)24-18(14)19/h6-8,10,16H,1,5,9,11-12H2,2-4H3. The second kappa shape index (κ2) is 6.92. The van der Waals surface area contributed by atoms with Crippen LogP contribution < -0.4 is 15.1 Å². The number of benzene rings is 1. The number of hydrogen-bond acceptors (Lipinski definition) is 5. The largest absolute Gasteiger partial charge is 0.493 e. The van der Waals surface area contributed by atoms with Gasteiger partial charge in [0.05, 0.1) is 25.4 Å². The fourth-order valence-corrected chi connectivity index (χ4v) is 2.88. The van der Waals surface area contributed by atoms with Gasteiger partial charge in [0, 0.05) is 17.9 Å². The molecule has 1 aliphatic heterocycles. The van der Waals surface area contributed by atoms with E-state index in [1.54, 1.807) is 19.2 Å². The minimum atomic E-state index is -0.415. The summed E-state index contributed by atoms with van der Waals surface area (Å²) in [4.78, 5) is 11.5. The van der Waals surface area contributed by atoms with Crippen LogP contribution in [0.4, 0.5) is 0 Å². The van der Waals surface area contributed by atoms with Gasteiger partial charge in [-0.1, -0.05) is 12.2 Å². The lowest BCUT2D eigenvalue weighted by molar-refractivity contribution is 0.293. The third kappa shape index (κ3) is 4.04. The molecule has 0 bridgehead atoms. The first kappa shape index (κ1) is 17.5. The molecule has 0 amide bonds. The van der Waals surface area contributed by atoms with E-state index in [9.17, 15) is 4.79 Å². The Morgan fingerprint density at radius 2 is 1.96 bits per heavy atom. The third-order valence-corrected chi connectivity index (χ3v) is 4.55. The second-order valence-electron chi connectivity index (χ2n) is 6.87. The van der Waals surface area contributed by atoms with Crippen molar-refractivity contribution in [3.05, 3.63) is 46.8 Å². The van der Waals surface area contributed by atoms with Crippen molar-refractivity contribution in [3.8, 4) is 11.5 Å². The van der Waals surface area contributed by atoms with Crippen molar-refractivity contribution in [3.63, 3.8) is 0 Å².